The minimum Gasteiger partial charge on any atom is -0.466 e. The van der Waals surface area contributed by atoms with Crippen molar-refractivity contribution in [3.63, 3.8) is 0 Å². The smallest absolute Gasteiger partial charge is 0.311 e. The summed E-state index contributed by atoms with van der Waals surface area (Å²) in [7, 11) is 0. The third-order valence-electron chi connectivity index (χ3n) is 4.05. The molecular formula is C21H31ClO4. The summed E-state index contributed by atoms with van der Waals surface area (Å²) in [5.74, 6) is -0.202. The van der Waals surface area contributed by atoms with Crippen molar-refractivity contribution in [1.29, 1.82) is 0 Å². The van der Waals surface area contributed by atoms with E-state index in [1.807, 2.05) is 0 Å². The Balaban J connectivity index is 1.97. The lowest BCUT2D eigenvalue weighted by atomic mass is 10.1. The predicted molar refractivity (Wildman–Crippen MR) is 105 cm³/mol. The van der Waals surface area contributed by atoms with Crippen molar-refractivity contribution < 1.29 is 19.1 Å². The number of carbonyl (C=O) groups excluding carboxylic acids is 2. The summed E-state index contributed by atoms with van der Waals surface area (Å²) >= 11 is 5.83. The van der Waals surface area contributed by atoms with E-state index in [-0.39, 0.29) is 24.8 Å². The van der Waals surface area contributed by atoms with Gasteiger partial charge < -0.3 is 9.47 Å². The zero-order valence-electron chi connectivity index (χ0n) is 15.8. The van der Waals surface area contributed by atoms with Gasteiger partial charge in [0.05, 0.1) is 6.61 Å². The van der Waals surface area contributed by atoms with E-state index >= 15 is 0 Å². The molecule has 1 aromatic rings. The van der Waals surface area contributed by atoms with E-state index in [0.29, 0.717) is 23.8 Å². The van der Waals surface area contributed by atoms with Gasteiger partial charge in [-0.05, 0) is 31.0 Å². The largest absolute Gasteiger partial charge is 0.466 e. The van der Waals surface area contributed by atoms with E-state index in [4.69, 9.17) is 21.1 Å². The number of ether oxygens (including phenoxy) is 2. The summed E-state index contributed by atoms with van der Waals surface area (Å²) < 4.78 is 10.4. The summed E-state index contributed by atoms with van der Waals surface area (Å²) in [6.07, 6.45) is 10.6. The first kappa shape index (κ1) is 22.5. The standard InChI is InChI=1S/C21H31ClO4/c1-2-3-4-5-6-7-8-9-16-25-20(23)14-11-15-21(24)26-19-13-10-12-18(22)17-19/h10,12-13,17H,2-9,11,14-16H2,1H3. The van der Waals surface area contributed by atoms with Crippen molar-refractivity contribution in [2.45, 2.75) is 77.6 Å². The second-order valence-corrected chi connectivity index (χ2v) is 6.92. The number of benzene rings is 1. The van der Waals surface area contributed by atoms with Crippen LogP contribution in [0.3, 0.4) is 0 Å². The Kier molecular flexibility index (Phi) is 12.6. The summed E-state index contributed by atoms with van der Waals surface area (Å²) in [4.78, 5) is 23.4. The van der Waals surface area contributed by atoms with Crippen LogP contribution in [-0.2, 0) is 14.3 Å². The van der Waals surface area contributed by atoms with Crippen molar-refractivity contribution in [3.05, 3.63) is 29.3 Å². The van der Waals surface area contributed by atoms with E-state index < -0.39 is 0 Å². The number of halogens is 1. The van der Waals surface area contributed by atoms with Gasteiger partial charge in [-0.15, -0.1) is 0 Å². The van der Waals surface area contributed by atoms with Gasteiger partial charge in [0.1, 0.15) is 5.75 Å². The molecule has 0 bridgehead atoms. The highest BCUT2D eigenvalue weighted by atomic mass is 35.5. The van der Waals surface area contributed by atoms with Gasteiger partial charge >= 0.3 is 11.9 Å². The van der Waals surface area contributed by atoms with Crippen molar-refractivity contribution in [1.82, 2.24) is 0 Å². The van der Waals surface area contributed by atoms with Crippen LogP contribution in [-0.4, -0.2) is 18.5 Å². The van der Waals surface area contributed by atoms with Gasteiger partial charge in [0.25, 0.3) is 0 Å². The average Bonchev–Trinajstić information content (AvgIpc) is 2.60. The van der Waals surface area contributed by atoms with E-state index in [1.54, 1.807) is 24.3 Å². The zero-order valence-corrected chi connectivity index (χ0v) is 16.6. The molecule has 5 heteroatoms. The van der Waals surface area contributed by atoms with Crippen LogP contribution in [0, 0.1) is 0 Å². The fourth-order valence-corrected chi connectivity index (χ4v) is 2.76. The van der Waals surface area contributed by atoms with Gasteiger partial charge in [-0.25, -0.2) is 0 Å². The highest BCUT2D eigenvalue weighted by Gasteiger charge is 2.08. The predicted octanol–water partition coefficient (Wildman–Crippen LogP) is 6.10. The SMILES string of the molecule is CCCCCCCCCCOC(=O)CCCC(=O)Oc1cccc(Cl)c1. The van der Waals surface area contributed by atoms with Gasteiger partial charge in [0.15, 0.2) is 0 Å². The van der Waals surface area contributed by atoms with E-state index in [9.17, 15) is 9.59 Å². The summed E-state index contributed by atoms with van der Waals surface area (Å²) in [5, 5.41) is 0.514. The monoisotopic (exact) mass is 382 g/mol. The minimum atomic E-state index is -0.372. The molecule has 0 radical (unpaired) electrons. The van der Waals surface area contributed by atoms with E-state index in [0.717, 1.165) is 12.8 Å². The van der Waals surface area contributed by atoms with Crippen LogP contribution in [0.5, 0.6) is 5.75 Å². The third kappa shape index (κ3) is 11.9. The maximum atomic E-state index is 11.7. The minimum absolute atomic E-state index is 0.180. The number of esters is 2. The first-order valence-corrected chi connectivity index (χ1v) is 10.1. The first-order valence-electron chi connectivity index (χ1n) is 9.73. The molecule has 146 valence electrons. The Morgan fingerprint density at radius 2 is 1.54 bits per heavy atom. The topological polar surface area (TPSA) is 52.6 Å². The Hall–Kier alpha value is -1.55. The maximum Gasteiger partial charge on any atom is 0.311 e. The quantitative estimate of drug-likeness (QED) is 0.221. The number of hydrogen-bond donors (Lipinski definition) is 0. The van der Waals surface area contributed by atoms with Crippen LogP contribution in [0.15, 0.2) is 24.3 Å². The molecule has 0 fully saturated rings. The molecule has 0 spiro atoms. The van der Waals surface area contributed by atoms with Crippen LogP contribution in [0.4, 0.5) is 0 Å². The number of hydrogen-bond acceptors (Lipinski definition) is 4. The van der Waals surface area contributed by atoms with Gasteiger partial charge in [-0.2, -0.15) is 0 Å². The van der Waals surface area contributed by atoms with Crippen LogP contribution < -0.4 is 4.74 Å². The molecule has 4 nitrogen and oxygen atoms in total. The first-order chi connectivity index (χ1) is 12.6. The maximum absolute atomic E-state index is 11.7. The third-order valence-corrected chi connectivity index (χ3v) is 4.29. The molecule has 0 N–H and O–H groups in total. The molecule has 0 aliphatic heterocycles. The Morgan fingerprint density at radius 3 is 2.23 bits per heavy atom. The van der Waals surface area contributed by atoms with Crippen molar-refractivity contribution in [2.24, 2.45) is 0 Å². The van der Waals surface area contributed by atoms with Gasteiger partial charge in [-0.1, -0.05) is 69.5 Å². The molecule has 0 aliphatic carbocycles. The van der Waals surface area contributed by atoms with Crippen LogP contribution in [0.1, 0.15) is 77.6 Å². The zero-order chi connectivity index (χ0) is 19.0. The molecular weight excluding hydrogens is 352 g/mol. The molecule has 26 heavy (non-hydrogen) atoms. The second kappa shape index (κ2) is 14.6. The molecule has 0 unspecified atom stereocenters. The van der Waals surface area contributed by atoms with E-state index in [2.05, 4.69) is 6.92 Å². The molecule has 0 aliphatic rings. The van der Waals surface area contributed by atoms with Crippen molar-refractivity contribution in [2.75, 3.05) is 6.61 Å². The van der Waals surface area contributed by atoms with Crippen LogP contribution in [0.25, 0.3) is 0 Å². The molecule has 0 amide bonds. The van der Waals surface area contributed by atoms with Gasteiger partial charge in [-0.3, -0.25) is 9.59 Å². The molecule has 0 saturated carbocycles. The Labute approximate surface area is 162 Å². The highest BCUT2D eigenvalue weighted by molar-refractivity contribution is 6.30. The number of unbranched alkanes of at least 4 members (excludes halogenated alkanes) is 7. The van der Waals surface area contributed by atoms with Crippen LogP contribution in [0.2, 0.25) is 5.02 Å². The summed E-state index contributed by atoms with van der Waals surface area (Å²) in [5.41, 5.74) is 0. The lowest BCUT2D eigenvalue weighted by molar-refractivity contribution is -0.144. The molecule has 1 aromatic carbocycles. The molecule has 0 saturated heterocycles. The highest BCUT2D eigenvalue weighted by Crippen LogP contribution is 2.18. The Bertz CT molecular complexity index is 530. The summed E-state index contributed by atoms with van der Waals surface area (Å²) in [6.45, 7) is 2.69. The fourth-order valence-electron chi connectivity index (χ4n) is 2.58. The summed E-state index contributed by atoms with van der Waals surface area (Å²) in [6, 6.07) is 6.67. The van der Waals surface area contributed by atoms with Crippen molar-refractivity contribution >= 4 is 23.5 Å². The van der Waals surface area contributed by atoms with Crippen LogP contribution >= 0.6 is 11.6 Å². The molecule has 0 aromatic heterocycles. The molecule has 0 heterocycles. The second-order valence-electron chi connectivity index (χ2n) is 6.48. The van der Waals surface area contributed by atoms with Gasteiger partial charge in [0.2, 0.25) is 0 Å². The number of carbonyl (C=O) groups is 2. The normalized spacial score (nSPS) is 10.5. The Morgan fingerprint density at radius 1 is 0.885 bits per heavy atom. The number of rotatable bonds is 14. The van der Waals surface area contributed by atoms with Gasteiger partial charge in [0, 0.05) is 17.9 Å². The lowest BCUT2D eigenvalue weighted by Crippen LogP contribution is -2.10. The fraction of sp³-hybridized carbons (Fsp3) is 0.619. The lowest BCUT2D eigenvalue weighted by Gasteiger charge is -2.06. The molecule has 0 atom stereocenters. The average molecular weight is 383 g/mol. The van der Waals surface area contributed by atoms with Crippen molar-refractivity contribution in [3.8, 4) is 5.75 Å². The van der Waals surface area contributed by atoms with E-state index in [1.165, 1.54) is 38.5 Å². The molecule has 1 rings (SSSR count).